The van der Waals surface area contributed by atoms with Crippen LogP contribution in [0.2, 0.25) is 0 Å². The summed E-state index contributed by atoms with van der Waals surface area (Å²) < 4.78 is 0. The average Bonchev–Trinajstić information content (AvgIpc) is 2.60. The van der Waals surface area contributed by atoms with Crippen molar-refractivity contribution in [3.8, 4) is 12.1 Å². The lowest BCUT2D eigenvalue weighted by molar-refractivity contribution is 0.100. The van der Waals surface area contributed by atoms with Gasteiger partial charge in [0.1, 0.15) is 17.7 Å². The third-order valence-electron chi connectivity index (χ3n) is 2.42. The van der Waals surface area contributed by atoms with Crippen LogP contribution in [0.4, 0.5) is 0 Å². The van der Waals surface area contributed by atoms with Gasteiger partial charge in [0.25, 0.3) is 0 Å². The van der Waals surface area contributed by atoms with E-state index in [9.17, 15) is 4.79 Å². The second-order valence-electron chi connectivity index (χ2n) is 3.22. The number of Topliss-reactive ketones (excluding diaryl/α,β-unsaturated/α-hetero) is 1. The fourth-order valence-electron chi connectivity index (χ4n) is 1.72. The molecule has 0 radical (unpaired) electrons. The molecule has 0 heterocycles. The highest BCUT2D eigenvalue weighted by molar-refractivity contribution is 6.13. The van der Waals surface area contributed by atoms with E-state index >= 15 is 0 Å². The van der Waals surface area contributed by atoms with Gasteiger partial charge in [0, 0.05) is 12.0 Å². The van der Waals surface area contributed by atoms with Crippen molar-refractivity contribution in [3.05, 3.63) is 41.0 Å². The quantitative estimate of drug-likeness (QED) is 0.665. The van der Waals surface area contributed by atoms with Gasteiger partial charge in [-0.1, -0.05) is 24.3 Å². The van der Waals surface area contributed by atoms with Crippen molar-refractivity contribution in [1.29, 1.82) is 10.5 Å². The maximum atomic E-state index is 11.6. The molecule has 0 saturated carbocycles. The van der Waals surface area contributed by atoms with Crippen LogP contribution in [0.3, 0.4) is 0 Å². The number of hydrogen-bond donors (Lipinski definition) is 1. The minimum atomic E-state index is -0.0244. The van der Waals surface area contributed by atoms with Crippen LogP contribution in [-0.2, 0) is 0 Å². The van der Waals surface area contributed by atoms with Crippen LogP contribution in [0.15, 0.2) is 29.8 Å². The number of ketones is 1. The minimum Gasteiger partial charge on any atom is -0.344 e. The molecule has 3 N–H and O–H groups in total. The van der Waals surface area contributed by atoms with Gasteiger partial charge in [0.15, 0.2) is 5.78 Å². The molecule has 2 rings (SSSR count). The van der Waals surface area contributed by atoms with Crippen molar-refractivity contribution < 1.29 is 4.79 Å². The molecule has 0 spiro atoms. The van der Waals surface area contributed by atoms with Crippen LogP contribution in [0.5, 0.6) is 0 Å². The number of benzene rings is 1. The lowest BCUT2D eigenvalue weighted by atomic mass is 10.0. The smallest absolute Gasteiger partial charge is 0.167 e. The monoisotopic (exact) mass is 211 g/mol. The summed E-state index contributed by atoms with van der Waals surface area (Å²) in [5.41, 5.74) is 1.92. The molecule has 1 aliphatic carbocycles. The Balaban J connectivity index is 0.00000128. The van der Waals surface area contributed by atoms with Gasteiger partial charge in [-0.25, -0.2) is 0 Å². The highest BCUT2D eigenvalue weighted by Crippen LogP contribution is 2.33. The van der Waals surface area contributed by atoms with Crippen molar-refractivity contribution in [2.75, 3.05) is 0 Å². The minimum absolute atomic E-state index is 0. The molecule has 0 fully saturated rings. The first-order valence-corrected chi connectivity index (χ1v) is 4.44. The number of carbonyl (C=O) groups excluding carboxylic acids is 1. The number of carbonyl (C=O) groups is 1. The summed E-state index contributed by atoms with van der Waals surface area (Å²) in [6.45, 7) is 0. The van der Waals surface area contributed by atoms with E-state index in [2.05, 4.69) is 0 Å². The van der Waals surface area contributed by atoms with Crippen molar-refractivity contribution in [3.63, 3.8) is 0 Å². The van der Waals surface area contributed by atoms with E-state index in [1.54, 1.807) is 24.3 Å². The van der Waals surface area contributed by atoms with Crippen molar-refractivity contribution in [1.82, 2.24) is 6.15 Å². The van der Waals surface area contributed by atoms with Crippen LogP contribution < -0.4 is 6.15 Å². The van der Waals surface area contributed by atoms with Gasteiger partial charge in [-0.05, 0) is 11.1 Å². The Hall–Kier alpha value is -2.43. The molecule has 16 heavy (non-hydrogen) atoms. The maximum absolute atomic E-state index is 11.6. The Morgan fingerprint density at radius 2 is 1.69 bits per heavy atom. The van der Waals surface area contributed by atoms with Gasteiger partial charge >= 0.3 is 0 Å². The molecule has 4 nitrogen and oxygen atoms in total. The Kier molecular flexibility index (Phi) is 3.20. The highest BCUT2D eigenvalue weighted by Gasteiger charge is 2.26. The van der Waals surface area contributed by atoms with E-state index in [0.717, 1.165) is 5.56 Å². The first-order chi connectivity index (χ1) is 7.27. The number of fused-ring (bicyclic) bond motifs is 1. The summed E-state index contributed by atoms with van der Waals surface area (Å²) in [7, 11) is 0. The predicted octanol–water partition coefficient (Wildman–Crippen LogP) is 2.24. The van der Waals surface area contributed by atoms with E-state index in [4.69, 9.17) is 10.5 Å². The van der Waals surface area contributed by atoms with Gasteiger partial charge < -0.3 is 6.15 Å². The molecule has 1 aromatic carbocycles. The number of nitrogens with zero attached hydrogens (tertiary/aromatic N) is 2. The van der Waals surface area contributed by atoms with Crippen LogP contribution in [-0.4, -0.2) is 5.78 Å². The molecular formula is C12H9N3O. The molecule has 1 aliphatic rings. The third-order valence-corrected chi connectivity index (χ3v) is 2.42. The van der Waals surface area contributed by atoms with Gasteiger partial charge in [0.05, 0.1) is 0 Å². The van der Waals surface area contributed by atoms with E-state index in [0.29, 0.717) is 11.1 Å². The van der Waals surface area contributed by atoms with E-state index in [-0.39, 0.29) is 23.9 Å². The lowest BCUT2D eigenvalue weighted by Crippen LogP contribution is -1.89. The molecule has 0 atom stereocenters. The van der Waals surface area contributed by atoms with Gasteiger partial charge in [0.2, 0.25) is 0 Å². The molecule has 0 aliphatic heterocycles. The Bertz CT molecular complexity index is 542. The second kappa shape index (κ2) is 4.39. The topological polar surface area (TPSA) is 99.7 Å². The van der Waals surface area contributed by atoms with Gasteiger partial charge in [-0.2, -0.15) is 10.5 Å². The Labute approximate surface area is 93.0 Å². The summed E-state index contributed by atoms with van der Waals surface area (Å²) in [4.78, 5) is 11.6. The molecule has 0 bridgehead atoms. The van der Waals surface area contributed by atoms with Crippen LogP contribution >= 0.6 is 0 Å². The summed E-state index contributed by atoms with van der Waals surface area (Å²) in [6.07, 6.45) is 0.162. The first-order valence-electron chi connectivity index (χ1n) is 4.44. The van der Waals surface area contributed by atoms with Gasteiger partial charge in [-0.3, -0.25) is 4.79 Å². The standard InChI is InChI=1S/C12H6N2O.H3N/c13-6-8(7-14)11-5-12(15)10-4-2-1-3-9(10)11;/h1-4H,5H2;1H3. The SMILES string of the molecule is N.N#CC(C#N)=C1CC(=O)c2ccccc21. The molecule has 78 valence electrons. The van der Waals surface area contributed by atoms with Crippen molar-refractivity contribution >= 4 is 11.4 Å². The van der Waals surface area contributed by atoms with Gasteiger partial charge in [-0.15, -0.1) is 0 Å². The zero-order chi connectivity index (χ0) is 10.8. The summed E-state index contributed by atoms with van der Waals surface area (Å²) in [5.74, 6) is -0.0244. The highest BCUT2D eigenvalue weighted by atomic mass is 16.1. The largest absolute Gasteiger partial charge is 0.344 e. The number of rotatable bonds is 0. The Morgan fingerprint density at radius 1 is 1.12 bits per heavy atom. The molecule has 0 amide bonds. The fourth-order valence-corrected chi connectivity index (χ4v) is 1.72. The van der Waals surface area contributed by atoms with Crippen molar-refractivity contribution in [2.24, 2.45) is 0 Å². The predicted molar refractivity (Wildman–Crippen MR) is 58.6 cm³/mol. The summed E-state index contributed by atoms with van der Waals surface area (Å²) in [5, 5.41) is 17.5. The average molecular weight is 211 g/mol. The number of nitriles is 2. The van der Waals surface area contributed by atoms with E-state index in [1.165, 1.54) is 0 Å². The fraction of sp³-hybridized carbons (Fsp3) is 0.0833. The molecule has 0 unspecified atom stereocenters. The van der Waals surface area contributed by atoms with Crippen LogP contribution in [0.1, 0.15) is 22.3 Å². The zero-order valence-electron chi connectivity index (χ0n) is 8.53. The Morgan fingerprint density at radius 3 is 2.25 bits per heavy atom. The molecule has 0 aromatic heterocycles. The first kappa shape index (κ1) is 11.6. The zero-order valence-corrected chi connectivity index (χ0v) is 8.53. The van der Waals surface area contributed by atoms with E-state index < -0.39 is 0 Å². The van der Waals surface area contributed by atoms with Crippen LogP contribution in [0.25, 0.3) is 5.57 Å². The molecular weight excluding hydrogens is 202 g/mol. The summed E-state index contributed by atoms with van der Waals surface area (Å²) >= 11 is 0. The summed E-state index contributed by atoms with van der Waals surface area (Å²) in [6, 6.07) is 10.7. The number of hydrogen-bond acceptors (Lipinski definition) is 4. The maximum Gasteiger partial charge on any atom is 0.167 e. The molecule has 0 saturated heterocycles. The van der Waals surface area contributed by atoms with Crippen molar-refractivity contribution in [2.45, 2.75) is 6.42 Å². The number of allylic oxidation sites excluding steroid dienone is 2. The molecule has 4 heteroatoms. The lowest BCUT2D eigenvalue weighted by Gasteiger charge is -1.97. The van der Waals surface area contributed by atoms with E-state index in [1.807, 2.05) is 12.1 Å². The normalized spacial score (nSPS) is 12.1. The second-order valence-corrected chi connectivity index (χ2v) is 3.22. The molecule has 1 aromatic rings. The van der Waals surface area contributed by atoms with Crippen LogP contribution in [0, 0.1) is 22.7 Å². The third kappa shape index (κ3) is 1.58.